The summed E-state index contributed by atoms with van der Waals surface area (Å²) in [6.45, 7) is 3.81. The van der Waals surface area contributed by atoms with Crippen LogP contribution >= 0.6 is 11.6 Å². The van der Waals surface area contributed by atoms with Crippen molar-refractivity contribution in [1.82, 2.24) is 0 Å². The molecule has 0 aliphatic carbocycles. The Morgan fingerprint density at radius 1 is 1.82 bits per heavy atom. The summed E-state index contributed by atoms with van der Waals surface area (Å²) < 4.78 is 10.6. The van der Waals surface area contributed by atoms with Crippen molar-refractivity contribution in [2.45, 2.75) is 31.8 Å². The van der Waals surface area contributed by atoms with E-state index in [9.17, 15) is 5.11 Å². The van der Waals surface area contributed by atoms with E-state index in [1.54, 1.807) is 13.8 Å². The molecule has 11 heavy (non-hydrogen) atoms. The molecule has 0 radical (unpaired) electrons. The topological polar surface area (TPSA) is 38.7 Å². The van der Waals surface area contributed by atoms with E-state index in [0.29, 0.717) is 12.5 Å². The second kappa shape index (κ2) is 3.27. The number of aliphatic hydroxyl groups excluding tert-OH is 1. The van der Waals surface area contributed by atoms with E-state index in [0.717, 1.165) is 0 Å². The van der Waals surface area contributed by atoms with E-state index in [1.165, 1.54) is 0 Å². The first-order valence-electron chi connectivity index (χ1n) is 3.64. The number of aliphatic hydroxyl groups is 1. The molecular formula is C7H13ClO3. The van der Waals surface area contributed by atoms with Crippen molar-refractivity contribution < 1.29 is 14.6 Å². The lowest BCUT2D eigenvalue weighted by molar-refractivity contribution is -0.208. The summed E-state index contributed by atoms with van der Waals surface area (Å²) in [5, 5.41) is 9.23. The zero-order valence-electron chi connectivity index (χ0n) is 6.71. The van der Waals surface area contributed by atoms with E-state index in [2.05, 4.69) is 0 Å². The number of halogens is 1. The van der Waals surface area contributed by atoms with Crippen molar-refractivity contribution >= 4 is 11.6 Å². The molecule has 0 amide bonds. The highest BCUT2D eigenvalue weighted by atomic mass is 35.5. The highest BCUT2D eigenvalue weighted by Gasteiger charge is 2.40. The third-order valence-corrected chi connectivity index (χ3v) is 2.23. The highest BCUT2D eigenvalue weighted by Crippen LogP contribution is 2.26. The van der Waals surface area contributed by atoms with Gasteiger partial charge in [0.25, 0.3) is 0 Å². The molecule has 1 aliphatic rings. The van der Waals surface area contributed by atoms with Crippen molar-refractivity contribution in [1.29, 1.82) is 0 Å². The predicted molar refractivity (Wildman–Crippen MR) is 41.6 cm³/mol. The van der Waals surface area contributed by atoms with Crippen molar-refractivity contribution in [3.63, 3.8) is 0 Å². The van der Waals surface area contributed by atoms with Gasteiger partial charge in [0.15, 0.2) is 5.79 Å². The van der Waals surface area contributed by atoms with Gasteiger partial charge in [-0.2, -0.15) is 0 Å². The molecule has 66 valence electrons. The van der Waals surface area contributed by atoms with Gasteiger partial charge in [0.05, 0.1) is 18.6 Å². The molecule has 1 fully saturated rings. The lowest BCUT2D eigenvalue weighted by Crippen LogP contribution is -2.39. The van der Waals surface area contributed by atoms with E-state index in [-0.39, 0.29) is 6.10 Å². The SMILES string of the molecule is CC(O)C1(C)OCC(CCl)O1. The zero-order chi connectivity index (χ0) is 8.48. The molecule has 0 bridgehead atoms. The molecule has 0 saturated carbocycles. The monoisotopic (exact) mass is 180 g/mol. The number of ether oxygens (including phenoxy) is 2. The minimum absolute atomic E-state index is 0.0868. The standard InChI is InChI=1S/C7H13ClO3/c1-5(9)7(2)10-4-6(3-8)11-7/h5-6,9H,3-4H2,1-2H3. The summed E-state index contributed by atoms with van der Waals surface area (Å²) in [5.41, 5.74) is 0. The van der Waals surface area contributed by atoms with Crippen molar-refractivity contribution in [3.05, 3.63) is 0 Å². The van der Waals surface area contributed by atoms with Crippen molar-refractivity contribution in [3.8, 4) is 0 Å². The normalized spacial score (nSPS) is 40.9. The average Bonchev–Trinajstić information content (AvgIpc) is 2.33. The van der Waals surface area contributed by atoms with Gasteiger partial charge in [0, 0.05) is 0 Å². The van der Waals surface area contributed by atoms with Crippen LogP contribution in [-0.4, -0.2) is 35.6 Å². The van der Waals surface area contributed by atoms with Crippen molar-refractivity contribution in [2.24, 2.45) is 0 Å². The molecule has 3 atom stereocenters. The Morgan fingerprint density at radius 3 is 2.73 bits per heavy atom. The molecule has 1 saturated heterocycles. The summed E-state index contributed by atoms with van der Waals surface area (Å²) in [7, 11) is 0. The molecule has 3 unspecified atom stereocenters. The minimum atomic E-state index is -0.862. The summed E-state index contributed by atoms with van der Waals surface area (Å²) in [6.07, 6.45) is -0.716. The zero-order valence-corrected chi connectivity index (χ0v) is 7.47. The molecule has 1 N–H and O–H groups in total. The maximum absolute atomic E-state index is 9.23. The minimum Gasteiger partial charge on any atom is -0.388 e. The maximum Gasteiger partial charge on any atom is 0.191 e. The predicted octanol–water partition coefficient (Wildman–Crippen LogP) is 0.738. The van der Waals surface area contributed by atoms with Gasteiger partial charge in [-0.05, 0) is 13.8 Å². The Hall–Kier alpha value is 0.170. The third-order valence-electron chi connectivity index (χ3n) is 1.89. The van der Waals surface area contributed by atoms with Crippen LogP contribution in [0.4, 0.5) is 0 Å². The average molecular weight is 181 g/mol. The van der Waals surface area contributed by atoms with E-state index in [1.807, 2.05) is 0 Å². The molecular weight excluding hydrogens is 168 g/mol. The first-order valence-corrected chi connectivity index (χ1v) is 4.18. The van der Waals surface area contributed by atoms with Gasteiger partial charge in [-0.3, -0.25) is 0 Å². The van der Waals surface area contributed by atoms with E-state index in [4.69, 9.17) is 21.1 Å². The van der Waals surface area contributed by atoms with E-state index >= 15 is 0 Å². The summed E-state index contributed by atoms with van der Waals surface area (Å²) in [4.78, 5) is 0. The molecule has 3 nitrogen and oxygen atoms in total. The Kier molecular flexibility index (Phi) is 2.75. The highest BCUT2D eigenvalue weighted by molar-refractivity contribution is 6.18. The second-order valence-corrected chi connectivity index (χ2v) is 3.21. The molecule has 0 aromatic carbocycles. The van der Waals surface area contributed by atoms with Crippen LogP contribution in [0.3, 0.4) is 0 Å². The number of hydrogen-bond acceptors (Lipinski definition) is 3. The first kappa shape index (κ1) is 9.26. The Morgan fingerprint density at radius 2 is 2.45 bits per heavy atom. The van der Waals surface area contributed by atoms with Gasteiger partial charge >= 0.3 is 0 Å². The van der Waals surface area contributed by atoms with Gasteiger partial charge in [0.1, 0.15) is 6.10 Å². The van der Waals surface area contributed by atoms with Crippen molar-refractivity contribution in [2.75, 3.05) is 12.5 Å². The lowest BCUT2D eigenvalue weighted by atomic mass is 10.2. The van der Waals surface area contributed by atoms with E-state index < -0.39 is 11.9 Å². The van der Waals surface area contributed by atoms with Gasteiger partial charge in [0.2, 0.25) is 0 Å². The fourth-order valence-electron chi connectivity index (χ4n) is 0.952. The van der Waals surface area contributed by atoms with Crippen LogP contribution in [0.25, 0.3) is 0 Å². The fraction of sp³-hybridized carbons (Fsp3) is 1.00. The number of hydrogen-bond donors (Lipinski definition) is 1. The largest absolute Gasteiger partial charge is 0.388 e. The smallest absolute Gasteiger partial charge is 0.191 e. The van der Waals surface area contributed by atoms with Gasteiger partial charge in [-0.25, -0.2) is 0 Å². The molecule has 1 aliphatic heterocycles. The van der Waals surface area contributed by atoms with Crippen LogP contribution in [0.2, 0.25) is 0 Å². The van der Waals surface area contributed by atoms with Gasteiger partial charge in [-0.15, -0.1) is 11.6 Å². The molecule has 4 heteroatoms. The Labute approximate surface area is 71.2 Å². The van der Waals surface area contributed by atoms with Gasteiger partial charge in [-0.1, -0.05) is 0 Å². The number of alkyl halides is 1. The quantitative estimate of drug-likeness (QED) is 0.637. The van der Waals surface area contributed by atoms with Crippen LogP contribution in [0, 0.1) is 0 Å². The number of rotatable bonds is 2. The maximum atomic E-state index is 9.23. The lowest BCUT2D eigenvalue weighted by Gasteiger charge is -2.25. The Balaban J connectivity index is 2.50. The molecule has 1 rings (SSSR count). The fourth-order valence-corrected chi connectivity index (χ4v) is 1.10. The second-order valence-electron chi connectivity index (χ2n) is 2.90. The summed E-state index contributed by atoms with van der Waals surface area (Å²) in [5.74, 6) is -0.456. The van der Waals surface area contributed by atoms with Crippen LogP contribution < -0.4 is 0 Å². The summed E-state index contributed by atoms with van der Waals surface area (Å²) >= 11 is 5.55. The molecule has 1 heterocycles. The molecule has 0 aromatic rings. The van der Waals surface area contributed by atoms with Crippen LogP contribution in [-0.2, 0) is 9.47 Å². The molecule has 0 aromatic heterocycles. The summed E-state index contributed by atoms with van der Waals surface area (Å²) in [6, 6.07) is 0. The van der Waals surface area contributed by atoms with Crippen LogP contribution in [0.15, 0.2) is 0 Å². The van der Waals surface area contributed by atoms with Crippen LogP contribution in [0.5, 0.6) is 0 Å². The first-order chi connectivity index (χ1) is 5.08. The van der Waals surface area contributed by atoms with Gasteiger partial charge < -0.3 is 14.6 Å². The molecule has 0 spiro atoms. The van der Waals surface area contributed by atoms with Crippen LogP contribution in [0.1, 0.15) is 13.8 Å². The third kappa shape index (κ3) is 1.85. The Bertz CT molecular complexity index is 140.